The van der Waals surface area contributed by atoms with Gasteiger partial charge < -0.3 is 15.1 Å². The Kier molecular flexibility index (Phi) is 9.39. The van der Waals surface area contributed by atoms with Crippen molar-refractivity contribution in [1.29, 1.82) is 0 Å². The number of amides is 2. The molecular formula is C19H30ClN3O4S. The molecule has 0 aliphatic carbocycles. The van der Waals surface area contributed by atoms with Crippen molar-refractivity contribution in [1.82, 2.24) is 15.1 Å². The van der Waals surface area contributed by atoms with Crippen LogP contribution in [0.4, 0.5) is 0 Å². The molecule has 2 amide bonds. The molecule has 2 rings (SSSR count). The fraction of sp³-hybridized carbons (Fsp3) is 0.579. The summed E-state index contributed by atoms with van der Waals surface area (Å²) in [6.07, 6.45) is 2.71. The molecular weight excluding hydrogens is 402 g/mol. The highest BCUT2D eigenvalue weighted by molar-refractivity contribution is 7.92. The molecule has 158 valence electrons. The van der Waals surface area contributed by atoms with Crippen molar-refractivity contribution < 1.29 is 18.0 Å². The molecule has 0 bridgehead atoms. The summed E-state index contributed by atoms with van der Waals surface area (Å²) >= 11 is 0. The number of sulfone groups is 1. The molecule has 0 aromatic heterocycles. The second-order valence-electron chi connectivity index (χ2n) is 7.05. The Labute approximate surface area is 173 Å². The van der Waals surface area contributed by atoms with Gasteiger partial charge in [-0.2, -0.15) is 0 Å². The second-order valence-corrected chi connectivity index (χ2v) is 9.04. The Morgan fingerprint density at radius 3 is 2.18 bits per heavy atom. The summed E-state index contributed by atoms with van der Waals surface area (Å²) in [5.74, 6) is -1.13. The third-order valence-corrected chi connectivity index (χ3v) is 6.36. The van der Waals surface area contributed by atoms with E-state index in [0.29, 0.717) is 12.1 Å². The van der Waals surface area contributed by atoms with Gasteiger partial charge in [-0.05, 0) is 56.6 Å². The van der Waals surface area contributed by atoms with Gasteiger partial charge in [0, 0.05) is 32.2 Å². The first kappa shape index (κ1) is 24.4. The predicted octanol–water partition coefficient (Wildman–Crippen LogP) is 1.57. The van der Waals surface area contributed by atoms with Gasteiger partial charge in [0.25, 0.3) is 5.91 Å². The first-order valence-electron chi connectivity index (χ1n) is 9.31. The smallest absolute Gasteiger partial charge is 0.254 e. The van der Waals surface area contributed by atoms with Crippen molar-refractivity contribution in [3.8, 4) is 0 Å². The maximum Gasteiger partial charge on any atom is 0.254 e. The lowest BCUT2D eigenvalue weighted by Gasteiger charge is -2.34. The van der Waals surface area contributed by atoms with Crippen LogP contribution in [0.1, 0.15) is 36.5 Å². The van der Waals surface area contributed by atoms with Gasteiger partial charge in [0.1, 0.15) is 5.75 Å². The summed E-state index contributed by atoms with van der Waals surface area (Å²) in [5.41, 5.74) is 0.472. The molecule has 0 atom stereocenters. The Morgan fingerprint density at radius 2 is 1.68 bits per heavy atom. The van der Waals surface area contributed by atoms with Crippen molar-refractivity contribution >= 4 is 34.1 Å². The lowest BCUT2D eigenvalue weighted by molar-refractivity contribution is -0.125. The van der Waals surface area contributed by atoms with Crippen LogP contribution in [-0.2, 0) is 14.6 Å². The summed E-state index contributed by atoms with van der Waals surface area (Å²) in [5, 5.41) is 3.30. The van der Waals surface area contributed by atoms with Crippen molar-refractivity contribution in [2.24, 2.45) is 0 Å². The number of piperidine rings is 1. The van der Waals surface area contributed by atoms with Crippen molar-refractivity contribution in [2.75, 3.05) is 39.5 Å². The number of nitrogens with one attached hydrogen (secondary N) is 1. The van der Waals surface area contributed by atoms with E-state index >= 15 is 0 Å². The minimum absolute atomic E-state index is 0. The quantitative estimate of drug-likeness (QED) is 0.708. The third-order valence-electron chi connectivity index (χ3n) is 4.75. The number of benzene rings is 1. The molecule has 0 unspecified atom stereocenters. The average Bonchev–Trinajstić information content (AvgIpc) is 2.66. The van der Waals surface area contributed by atoms with E-state index in [1.807, 2.05) is 11.8 Å². The molecule has 0 radical (unpaired) electrons. The van der Waals surface area contributed by atoms with Crippen LogP contribution >= 0.6 is 12.4 Å². The largest absolute Gasteiger partial charge is 0.348 e. The molecule has 9 heteroatoms. The van der Waals surface area contributed by atoms with E-state index in [2.05, 4.69) is 5.32 Å². The van der Waals surface area contributed by atoms with Gasteiger partial charge in [-0.1, -0.05) is 6.92 Å². The maximum absolute atomic E-state index is 13.0. The van der Waals surface area contributed by atoms with Crippen LogP contribution in [0.5, 0.6) is 0 Å². The van der Waals surface area contributed by atoms with Gasteiger partial charge in [0.05, 0.1) is 4.90 Å². The Hall–Kier alpha value is -1.64. The van der Waals surface area contributed by atoms with Crippen molar-refractivity contribution in [2.45, 2.75) is 37.1 Å². The van der Waals surface area contributed by atoms with Gasteiger partial charge in [-0.3, -0.25) is 9.59 Å². The third kappa shape index (κ3) is 6.18. The van der Waals surface area contributed by atoms with Gasteiger partial charge in [0.2, 0.25) is 5.91 Å². The monoisotopic (exact) mass is 431 g/mol. The molecule has 28 heavy (non-hydrogen) atoms. The number of hydrogen-bond acceptors (Lipinski definition) is 5. The van der Waals surface area contributed by atoms with Crippen molar-refractivity contribution in [3.05, 3.63) is 29.8 Å². The molecule has 0 saturated carbocycles. The molecule has 1 saturated heterocycles. The van der Waals surface area contributed by atoms with Gasteiger partial charge >= 0.3 is 0 Å². The van der Waals surface area contributed by atoms with Gasteiger partial charge in [0.15, 0.2) is 9.84 Å². The van der Waals surface area contributed by atoms with Crippen molar-refractivity contribution in [3.63, 3.8) is 0 Å². The molecule has 7 nitrogen and oxygen atoms in total. The number of halogens is 1. The molecule has 1 aliphatic rings. The Morgan fingerprint density at radius 1 is 1.11 bits per heavy atom. The summed E-state index contributed by atoms with van der Waals surface area (Å²) < 4.78 is 24.7. The minimum atomic E-state index is -3.72. The maximum atomic E-state index is 13.0. The molecule has 1 N–H and O–H groups in total. The summed E-state index contributed by atoms with van der Waals surface area (Å²) in [6, 6.07) is 6.12. The average molecular weight is 432 g/mol. The molecule has 0 spiro atoms. The van der Waals surface area contributed by atoms with E-state index in [1.165, 1.54) is 31.1 Å². The van der Waals surface area contributed by atoms with E-state index in [0.717, 1.165) is 32.4 Å². The van der Waals surface area contributed by atoms with Crippen LogP contribution in [0.3, 0.4) is 0 Å². The first-order chi connectivity index (χ1) is 12.8. The second kappa shape index (κ2) is 10.8. The zero-order valence-electron chi connectivity index (χ0n) is 16.7. The molecule has 1 fully saturated rings. The van der Waals surface area contributed by atoms with Gasteiger partial charge in [-0.25, -0.2) is 8.42 Å². The normalized spacial score (nSPS) is 14.8. The molecule has 1 aromatic rings. The number of rotatable bonds is 7. The van der Waals surface area contributed by atoms with Crippen LogP contribution in [0.15, 0.2) is 29.2 Å². The molecule has 1 heterocycles. The Bertz CT molecular complexity index is 760. The predicted molar refractivity (Wildman–Crippen MR) is 112 cm³/mol. The summed E-state index contributed by atoms with van der Waals surface area (Å²) in [6.45, 7) is 4.52. The number of hydrogen-bond donors (Lipinski definition) is 1. The number of carbonyl (C=O) groups excluding carboxylic acids is 2. The summed E-state index contributed by atoms with van der Waals surface area (Å²) in [4.78, 5) is 27.9. The minimum Gasteiger partial charge on any atom is -0.348 e. The number of carbonyl (C=O) groups is 2. The van der Waals surface area contributed by atoms with E-state index in [9.17, 15) is 18.0 Å². The number of nitrogens with zero attached hydrogens (tertiary/aromatic N) is 2. The summed E-state index contributed by atoms with van der Waals surface area (Å²) in [7, 11) is -0.689. The fourth-order valence-corrected chi connectivity index (χ4v) is 4.46. The van der Waals surface area contributed by atoms with E-state index in [4.69, 9.17) is 0 Å². The SMILES string of the molecule is CCCN(C(=O)c1ccc(S(=O)(=O)CC(=O)N(C)C)cc1)C1CCNCC1.Cl. The molecule has 1 aliphatic heterocycles. The standard InChI is InChI=1S/C19H29N3O4S.ClH/c1-4-13-22(16-9-11-20-12-10-16)19(24)15-5-7-17(8-6-15)27(25,26)14-18(23)21(2)3;/h5-8,16,20H,4,9-14H2,1-3H3;1H. The highest BCUT2D eigenvalue weighted by atomic mass is 35.5. The topological polar surface area (TPSA) is 86.8 Å². The van der Waals surface area contributed by atoms with E-state index in [1.54, 1.807) is 12.1 Å². The van der Waals surface area contributed by atoms with E-state index < -0.39 is 21.5 Å². The van der Waals surface area contributed by atoms with Crippen LogP contribution in [0, 0.1) is 0 Å². The first-order valence-corrected chi connectivity index (χ1v) is 11.0. The van der Waals surface area contributed by atoms with Crippen LogP contribution in [0.2, 0.25) is 0 Å². The van der Waals surface area contributed by atoms with Crippen LogP contribution in [-0.4, -0.2) is 75.6 Å². The zero-order chi connectivity index (χ0) is 20.0. The lowest BCUT2D eigenvalue weighted by Crippen LogP contribution is -2.46. The lowest BCUT2D eigenvalue weighted by atomic mass is 10.0. The van der Waals surface area contributed by atoms with E-state index in [-0.39, 0.29) is 29.3 Å². The highest BCUT2D eigenvalue weighted by Gasteiger charge is 2.26. The van der Waals surface area contributed by atoms with Crippen LogP contribution in [0.25, 0.3) is 0 Å². The Balaban J connectivity index is 0.00000392. The highest BCUT2D eigenvalue weighted by Crippen LogP contribution is 2.18. The zero-order valence-corrected chi connectivity index (χ0v) is 18.3. The fourth-order valence-electron chi connectivity index (χ4n) is 3.15. The van der Waals surface area contributed by atoms with Crippen LogP contribution < -0.4 is 5.32 Å². The van der Waals surface area contributed by atoms with Gasteiger partial charge in [-0.15, -0.1) is 12.4 Å². The molecule has 1 aromatic carbocycles.